The lowest BCUT2D eigenvalue weighted by molar-refractivity contribution is -0.140. The van der Waals surface area contributed by atoms with Gasteiger partial charge in [0.1, 0.15) is 5.82 Å². The van der Waals surface area contributed by atoms with Gasteiger partial charge in [-0.15, -0.1) is 0 Å². The Morgan fingerprint density at radius 3 is 2.54 bits per heavy atom. The van der Waals surface area contributed by atoms with Gasteiger partial charge in [0, 0.05) is 43.8 Å². The predicted molar refractivity (Wildman–Crippen MR) is 134 cm³/mol. The molecule has 1 aromatic carbocycles. The maximum Gasteiger partial charge on any atom is 0.435 e. The molecule has 0 unspecified atom stereocenters. The van der Waals surface area contributed by atoms with E-state index in [1.165, 1.54) is 19.3 Å². The van der Waals surface area contributed by atoms with Crippen LogP contribution in [-0.2, 0) is 26.8 Å². The van der Waals surface area contributed by atoms with Crippen molar-refractivity contribution < 1.29 is 22.4 Å². The average Bonchev–Trinajstić information content (AvgIpc) is 3.57. The van der Waals surface area contributed by atoms with Gasteiger partial charge in [-0.2, -0.15) is 18.3 Å². The van der Waals surface area contributed by atoms with Crippen LogP contribution in [0.5, 0.6) is 0 Å². The minimum atomic E-state index is -4.69. The summed E-state index contributed by atoms with van der Waals surface area (Å²) in [6, 6.07) is 5.74. The SMILES string of the molecule is Cc1cc([C@@H](NC(=O)c2cc(Cn3ccn(C)c3=N)cc(-c3cn(C)nc3C(F)(F)F)c2)C2CC2)ncc1F. The van der Waals surface area contributed by atoms with Crippen molar-refractivity contribution in [2.24, 2.45) is 20.0 Å². The number of halogens is 4. The molecule has 0 aliphatic heterocycles. The fourth-order valence-electron chi connectivity index (χ4n) is 4.65. The minimum Gasteiger partial charge on any atom is -0.343 e. The van der Waals surface area contributed by atoms with E-state index < -0.39 is 29.6 Å². The van der Waals surface area contributed by atoms with Crippen LogP contribution in [-0.4, -0.2) is 29.8 Å². The Bertz CT molecular complexity index is 1610. The number of carbonyl (C=O) groups is 1. The number of aryl methyl sites for hydroxylation is 3. The van der Waals surface area contributed by atoms with Crippen molar-refractivity contribution in [2.45, 2.75) is 38.5 Å². The number of pyridine rings is 1. The molecule has 1 aliphatic carbocycles. The molecule has 0 radical (unpaired) electrons. The Morgan fingerprint density at radius 1 is 1.18 bits per heavy atom. The van der Waals surface area contributed by atoms with Gasteiger partial charge in [0.2, 0.25) is 5.62 Å². The van der Waals surface area contributed by atoms with Gasteiger partial charge in [0.05, 0.1) is 24.5 Å². The summed E-state index contributed by atoms with van der Waals surface area (Å²) >= 11 is 0. The van der Waals surface area contributed by atoms with Crippen molar-refractivity contribution in [3.05, 3.63) is 88.6 Å². The highest BCUT2D eigenvalue weighted by Crippen LogP contribution is 2.41. The third-order valence-electron chi connectivity index (χ3n) is 6.86. The molecule has 3 aromatic heterocycles. The lowest BCUT2D eigenvalue weighted by Crippen LogP contribution is -2.31. The van der Waals surface area contributed by atoms with E-state index in [4.69, 9.17) is 5.41 Å². The van der Waals surface area contributed by atoms with E-state index in [2.05, 4.69) is 15.4 Å². The average molecular weight is 542 g/mol. The summed E-state index contributed by atoms with van der Waals surface area (Å²) in [7, 11) is 3.11. The van der Waals surface area contributed by atoms with Crippen LogP contribution in [0.4, 0.5) is 17.6 Å². The van der Waals surface area contributed by atoms with Crippen LogP contribution in [0, 0.1) is 24.1 Å². The van der Waals surface area contributed by atoms with Crippen molar-refractivity contribution in [3.63, 3.8) is 0 Å². The fraction of sp³-hybridized carbons (Fsp3) is 0.333. The number of alkyl halides is 3. The van der Waals surface area contributed by atoms with E-state index in [-0.39, 0.29) is 34.8 Å². The second kappa shape index (κ2) is 9.83. The second-order valence-corrected chi connectivity index (χ2v) is 9.99. The molecule has 8 nitrogen and oxygen atoms in total. The molecule has 0 saturated heterocycles. The Labute approximate surface area is 221 Å². The molecule has 1 atom stereocenters. The molecule has 1 fully saturated rings. The largest absolute Gasteiger partial charge is 0.435 e. The Balaban J connectivity index is 1.56. The van der Waals surface area contributed by atoms with E-state index in [0.29, 0.717) is 16.8 Å². The zero-order valence-corrected chi connectivity index (χ0v) is 21.6. The van der Waals surface area contributed by atoms with Crippen LogP contribution in [0.15, 0.2) is 49.1 Å². The topological polar surface area (TPSA) is 93.5 Å². The molecule has 1 aliphatic rings. The number of nitrogens with one attached hydrogen (secondary N) is 2. The molecule has 204 valence electrons. The number of hydrogen-bond acceptors (Lipinski definition) is 4. The number of benzene rings is 1. The molecule has 0 spiro atoms. The summed E-state index contributed by atoms with van der Waals surface area (Å²) in [5.74, 6) is -0.795. The summed E-state index contributed by atoms with van der Waals surface area (Å²) in [6.45, 7) is 1.79. The fourth-order valence-corrected chi connectivity index (χ4v) is 4.65. The standard InChI is InChI=1S/C27H27F4N7O/c1-15-8-22(33-12-21(15)28)23(17-4-5-17)34-25(39)19-10-16(13-38-7-6-36(2)26(38)32)9-18(11-19)20-14-37(3)35-24(20)27(29,30)31/h6-12,14,17,23,32H,4-5,13H2,1-3H3,(H,34,39)/t23-/m0/s1. The minimum absolute atomic E-state index is 0.134. The Hall–Kier alpha value is -4.22. The lowest BCUT2D eigenvalue weighted by atomic mass is 9.98. The number of rotatable bonds is 7. The highest BCUT2D eigenvalue weighted by atomic mass is 19.4. The van der Waals surface area contributed by atoms with Crippen molar-refractivity contribution in [3.8, 4) is 11.1 Å². The number of amides is 1. The third-order valence-corrected chi connectivity index (χ3v) is 6.86. The van der Waals surface area contributed by atoms with Gasteiger partial charge >= 0.3 is 6.18 Å². The van der Waals surface area contributed by atoms with Gasteiger partial charge in [0.25, 0.3) is 5.91 Å². The normalized spacial score (nSPS) is 14.4. The first-order chi connectivity index (χ1) is 18.4. The summed E-state index contributed by atoms with van der Waals surface area (Å²) in [5.41, 5.74) is 0.807. The molecule has 12 heteroatoms. The molecular weight excluding hydrogens is 514 g/mol. The maximum atomic E-state index is 13.8. The Morgan fingerprint density at radius 2 is 1.92 bits per heavy atom. The van der Waals surface area contributed by atoms with E-state index >= 15 is 0 Å². The zero-order valence-electron chi connectivity index (χ0n) is 21.6. The highest BCUT2D eigenvalue weighted by molar-refractivity contribution is 5.96. The van der Waals surface area contributed by atoms with Crippen LogP contribution < -0.4 is 10.9 Å². The zero-order chi connectivity index (χ0) is 28.1. The van der Waals surface area contributed by atoms with Crippen LogP contribution in [0.3, 0.4) is 0 Å². The van der Waals surface area contributed by atoms with Gasteiger partial charge in [0.15, 0.2) is 5.69 Å². The molecule has 1 saturated carbocycles. The number of hydrogen-bond donors (Lipinski definition) is 2. The van der Waals surface area contributed by atoms with Crippen molar-refractivity contribution >= 4 is 5.91 Å². The number of aromatic nitrogens is 5. The quantitative estimate of drug-likeness (QED) is 0.338. The molecule has 3 heterocycles. The molecule has 39 heavy (non-hydrogen) atoms. The predicted octanol–water partition coefficient (Wildman–Crippen LogP) is 4.50. The van der Waals surface area contributed by atoms with Crippen molar-refractivity contribution in [2.75, 3.05) is 0 Å². The van der Waals surface area contributed by atoms with Crippen LogP contribution >= 0.6 is 0 Å². The lowest BCUT2D eigenvalue weighted by Gasteiger charge is -2.19. The number of imidazole rings is 1. The molecular formula is C27H27F4N7O. The van der Waals surface area contributed by atoms with E-state index in [9.17, 15) is 22.4 Å². The first kappa shape index (κ1) is 26.4. The number of carbonyl (C=O) groups excluding carboxylic acids is 1. The molecule has 5 rings (SSSR count). The Kier molecular flexibility index (Phi) is 6.65. The monoisotopic (exact) mass is 541 g/mol. The van der Waals surface area contributed by atoms with Gasteiger partial charge in [-0.3, -0.25) is 19.9 Å². The summed E-state index contributed by atoms with van der Waals surface area (Å²) in [5, 5.41) is 14.8. The van der Waals surface area contributed by atoms with Gasteiger partial charge in [-0.05, 0) is 66.6 Å². The molecule has 4 aromatic rings. The van der Waals surface area contributed by atoms with Crippen LogP contribution in [0.2, 0.25) is 0 Å². The first-order valence-electron chi connectivity index (χ1n) is 12.3. The summed E-state index contributed by atoms with van der Waals surface area (Å²) in [4.78, 5) is 17.7. The van der Waals surface area contributed by atoms with Crippen molar-refractivity contribution in [1.82, 2.24) is 29.2 Å². The van der Waals surface area contributed by atoms with Crippen LogP contribution in [0.1, 0.15) is 51.8 Å². The van der Waals surface area contributed by atoms with Gasteiger partial charge in [-0.1, -0.05) is 0 Å². The van der Waals surface area contributed by atoms with E-state index in [1.807, 2.05) is 0 Å². The molecule has 0 bridgehead atoms. The van der Waals surface area contributed by atoms with Crippen LogP contribution in [0.25, 0.3) is 11.1 Å². The molecule has 1 amide bonds. The van der Waals surface area contributed by atoms with Gasteiger partial charge < -0.3 is 14.5 Å². The first-order valence-corrected chi connectivity index (χ1v) is 12.3. The van der Waals surface area contributed by atoms with Crippen molar-refractivity contribution in [1.29, 1.82) is 5.41 Å². The smallest absolute Gasteiger partial charge is 0.343 e. The van der Waals surface area contributed by atoms with Gasteiger partial charge in [-0.25, -0.2) is 4.39 Å². The second-order valence-electron chi connectivity index (χ2n) is 9.99. The third kappa shape index (κ3) is 5.50. The van der Waals surface area contributed by atoms with E-state index in [1.54, 1.807) is 53.7 Å². The number of nitrogens with zero attached hydrogens (tertiary/aromatic N) is 5. The highest BCUT2D eigenvalue weighted by Gasteiger charge is 2.38. The molecule has 2 N–H and O–H groups in total. The maximum absolute atomic E-state index is 13.8. The summed E-state index contributed by atoms with van der Waals surface area (Å²) < 4.78 is 59.5. The van der Waals surface area contributed by atoms with E-state index in [0.717, 1.165) is 23.7 Å². The summed E-state index contributed by atoms with van der Waals surface area (Å²) in [6.07, 6.45) is 2.83.